The maximum Gasteiger partial charge on any atom is 0.133 e. The van der Waals surface area contributed by atoms with Gasteiger partial charge >= 0.3 is 0 Å². The topological polar surface area (TPSA) is 30.5 Å². The summed E-state index contributed by atoms with van der Waals surface area (Å²) in [6, 6.07) is 13.8. The van der Waals surface area contributed by atoms with Crippen LogP contribution in [0, 0.1) is 0 Å². The molecule has 0 aliphatic rings. The van der Waals surface area contributed by atoms with Crippen LogP contribution >= 0.6 is 15.9 Å². The molecule has 0 aromatic heterocycles. The number of nitrogens with one attached hydrogen (secondary N) is 1. The highest BCUT2D eigenvalue weighted by molar-refractivity contribution is 9.10. The highest BCUT2D eigenvalue weighted by Crippen LogP contribution is 2.26. The highest BCUT2D eigenvalue weighted by Gasteiger charge is 2.02. The smallest absolute Gasteiger partial charge is 0.133 e. The fourth-order valence-electron chi connectivity index (χ4n) is 1.68. The molecule has 2 aromatic carbocycles. The second kappa shape index (κ2) is 6.48. The van der Waals surface area contributed by atoms with Crippen LogP contribution < -0.4 is 14.8 Å². The predicted molar refractivity (Wildman–Crippen MR) is 81.0 cm³/mol. The van der Waals surface area contributed by atoms with Gasteiger partial charge in [0.15, 0.2) is 0 Å². The predicted octanol–water partition coefficient (Wildman–Crippen LogP) is 4.08. The number of methoxy groups -OCH3 is 1. The lowest BCUT2D eigenvalue weighted by atomic mass is 10.2. The summed E-state index contributed by atoms with van der Waals surface area (Å²) in [5.41, 5.74) is 2.16. The van der Waals surface area contributed by atoms with Crippen molar-refractivity contribution >= 4 is 21.6 Å². The van der Waals surface area contributed by atoms with Crippen molar-refractivity contribution in [1.82, 2.24) is 0 Å². The molecule has 4 heteroatoms. The first-order valence-corrected chi connectivity index (χ1v) is 6.75. The fraction of sp³-hybridized carbons (Fsp3) is 0.200. The third-order valence-electron chi connectivity index (χ3n) is 2.76. The lowest BCUT2D eigenvalue weighted by molar-refractivity contribution is 0.306. The van der Waals surface area contributed by atoms with E-state index in [1.54, 1.807) is 7.11 Å². The third-order valence-corrected chi connectivity index (χ3v) is 3.38. The molecule has 3 nitrogen and oxygen atoms in total. The van der Waals surface area contributed by atoms with E-state index in [1.807, 2.05) is 49.5 Å². The summed E-state index contributed by atoms with van der Waals surface area (Å²) in [5, 5.41) is 3.07. The zero-order valence-electron chi connectivity index (χ0n) is 10.9. The van der Waals surface area contributed by atoms with Crippen molar-refractivity contribution in [3.63, 3.8) is 0 Å². The lowest BCUT2D eigenvalue weighted by Gasteiger charge is -2.09. The second-order valence-corrected chi connectivity index (χ2v) is 4.89. The van der Waals surface area contributed by atoms with E-state index in [2.05, 4.69) is 21.2 Å². The zero-order chi connectivity index (χ0) is 13.7. The first kappa shape index (κ1) is 13.7. The Hall–Kier alpha value is -1.68. The minimum Gasteiger partial charge on any atom is -0.496 e. The Kier molecular flexibility index (Phi) is 4.68. The van der Waals surface area contributed by atoms with Crippen molar-refractivity contribution in [2.75, 3.05) is 19.5 Å². The van der Waals surface area contributed by atoms with Crippen molar-refractivity contribution in [3.8, 4) is 11.5 Å². The molecule has 19 heavy (non-hydrogen) atoms. The zero-order valence-corrected chi connectivity index (χ0v) is 12.5. The summed E-state index contributed by atoms with van der Waals surface area (Å²) >= 11 is 3.46. The van der Waals surface area contributed by atoms with Crippen molar-refractivity contribution in [3.05, 3.63) is 52.5 Å². The molecular formula is C15H16BrNO2. The Bertz CT molecular complexity index is 540. The van der Waals surface area contributed by atoms with Gasteiger partial charge in [-0.05, 0) is 57.9 Å². The average molecular weight is 322 g/mol. The summed E-state index contributed by atoms with van der Waals surface area (Å²) in [7, 11) is 3.55. The van der Waals surface area contributed by atoms with Gasteiger partial charge in [-0.3, -0.25) is 0 Å². The number of benzene rings is 2. The van der Waals surface area contributed by atoms with Crippen LogP contribution in [-0.2, 0) is 6.61 Å². The van der Waals surface area contributed by atoms with Crippen LogP contribution in [0.15, 0.2) is 46.9 Å². The van der Waals surface area contributed by atoms with Gasteiger partial charge in [-0.2, -0.15) is 0 Å². The first-order chi connectivity index (χ1) is 9.22. The van der Waals surface area contributed by atoms with E-state index in [1.165, 1.54) is 0 Å². The van der Waals surface area contributed by atoms with Crippen LogP contribution in [0.2, 0.25) is 0 Å². The molecule has 2 rings (SSSR count). The number of anilines is 1. The van der Waals surface area contributed by atoms with Crippen LogP contribution in [0.5, 0.6) is 11.5 Å². The molecule has 100 valence electrons. The van der Waals surface area contributed by atoms with Gasteiger partial charge < -0.3 is 14.8 Å². The molecule has 0 fully saturated rings. The minimum absolute atomic E-state index is 0.529. The summed E-state index contributed by atoms with van der Waals surface area (Å²) in [6.07, 6.45) is 0. The van der Waals surface area contributed by atoms with E-state index in [-0.39, 0.29) is 0 Å². The molecule has 0 atom stereocenters. The Balaban J connectivity index is 1.99. The lowest BCUT2D eigenvalue weighted by Crippen LogP contribution is -1.96. The highest BCUT2D eigenvalue weighted by atomic mass is 79.9. The minimum atomic E-state index is 0.529. The van der Waals surface area contributed by atoms with Gasteiger partial charge in [0, 0.05) is 12.7 Å². The van der Waals surface area contributed by atoms with Crippen molar-refractivity contribution in [2.24, 2.45) is 0 Å². The van der Waals surface area contributed by atoms with Crippen LogP contribution in [0.3, 0.4) is 0 Å². The van der Waals surface area contributed by atoms with Crippen molar-refractivity contribution in [2.45, 2.75) is 6.61 Å². The summed E-state index contributed by atoms with van der Waals surface area (Å²) < 4.78 is 11.9. The monoisotopic (exact) mass is 321 g/mol. The summed E-state index contributed by atoms with van der Waals surface area (Å²) in [6.45, 7) is 0.529. The van der Waals surface area contributed by atoms with E-state index in [0.29, 0.717) is 6.61 Å². The molecule has 0 aliphatic heterocycles. The second-order valence-electron chi connectivity index (χ2n) is 4.03. The standard InChI is InChI=1S/C15H16BrNO2/c1-17-12-4-6-13(7-5-12)19-10-11-3-8-15(18-2)14(16)9-11/h3-9,17H,10H2,1-2H3. The Labute approximate surface area is 121 Å². The Morgan fingerprint density at radius 3 is 2.42 bits per heavy atom. The molecule has 2 aromatic rings. The van der Waals surface area contributed by atoms with Gasteiger partial charge in [-0.25, -0.2) is 0 Å². The Morgan fingerprint density at radius 1 is 1.11 bits per heavy atom. The molecule has 0 radical (unpaired) electrons. The van der Waals surface area contributed by atoms with Crippen molar-refractivity contribution < 1.29 is 9.47 Å². The van der Waals surface area contributed by atoms with Gasteiger partial charge in [0.1, 0.15) is 18.1 Å². The molecule has 0 amide bonds. The first-order valence-electron chi connectivity index (χ1n) is 5.96. The molecule has 1 N–H and O–H groups in total. The van der Waals surface area contributed by atoms with E-state index in [0.717, 1.165) is 27.2 Å². The van der Waals surface area contributed by atoms with Crippen LogP contribution in [0.4, 0.5) is 5.69 Å². The molecular weight excluding hydrogens is 306 g/mol. The van der Waals surface area contributed by atoms with Gasteiger partial charge in [0.2, 0.25) is 0 Å². The molecule has 0 aliphatic carbocycles. The Morgan fingerprint density at radius 2 is 1.84 bits per heavy atom. The molecule has 0 heterocycles. The molecule has 0 spiro atoms. The SMILES string of the molecule is CNc1ccc(OCc2ccc(OC)c(Br)c2)cc1. The molecule has 0 saturated heterocycles. The van der Waals surface area contributed by atoms with Crippen LogP contribution in [0.25, 0.3) is 0 Å². The van der Waals surface area contributed by atoms with E-state index < -0.39 is 0 Å². The van der Waals surface area contributed by atoms with Gasteiger partial charge in [-0.15, -0.1) is 0 Å². The van der Waals surface area contributed by atoms with E-state index >= 15 is 0 Å². The average Bonchev–Trinajstić information content (AvgIpc) is 2.46. The third kappa shape index (κ3) is 3.64. The largest absolute Gasteiger partial charge is 0.496 e. The summed E-state index contributed by atoms with van der Waals surface area (Å²) in [5.74, 6) is 1.67. The summed E-state index contributed by atoms with van der Waals surface area (Å²) in [4.78, 5) is 0. The molecule has 0 unspecified atom stereocenters. The fourth-order valence-corrected chi connectivity index (χ4v) is 2.27. The normalized spacial score (nSPS) is 10.1. The maximum absolute atomic E-state index is 5.73. The van der Waals surface area contributed by atoms with Gasteiger partial charge in [0.25, 0.3) is 0 Å². The van der Waals surface area contributed by atoms with E-state index in [4.69, 9.17) is 9.47 Å². The maximum atomic E-state index is 5.73. The van der Waals surface area contributed by atoms with Crippen LogP contribution in [0.1, 0.15) is 5.56 Å². The number of halogens is 1. The van der Waals surface area contributed by atoms with Gasteiger partial charge in [0.05, 0.1) is 11.6 Å². The van der Waals surface area contributed by atoms with Gasteiger partial charge in [-0.1, -0.05) is 6.07 Å². The number of hydrogen-bond donors (Lipinski definition) is 1. The number of ether oxygens (including phenoxy) is 2. The number of rotatable bonds is 5. The van der Waals surface area contributed by atoms with Crippen molar-refractivity contribution in [1.29, 1.82) is 0 Å². The quantitative estimate of drug-likeness (QED) is 0.900. The molecule has 0 saturated carbocycles. The van der Waals surface area contributed by atoms with E-state index in [9.17, 15) is 0 Å². The molecule has 0 bridgehead atoms. The number of hydrogen-bond acceptors (Lipinski definition) is 3. The van der Waals surface area contributed by atoms with Crippen LogP contribution in [-0.4, -0.2) is 14.2 Å².